The van der Waals surface area contributed by atoms with Gasteiger partial charge in [-0.3, -0.25) is 57.5 Å². The molecule has 26 N–H and O–H groups in total. The van der Waals surface area contributed by atoms with Gasteiger partial charge in [-0.2, -0.15) is 0 Å². The molecule has 0 spiro atoms. The van der Waals surface area contributed by atoms with E-state index in [0.717, 1.165) is 13.8 Å². The lowest BCUT2D eigenvalue weighted by molar-refractivity contribution is -0.143. The van der Waals surface area contributed by atoms with Gasteiger partial charge in [-0.1, -0.05) is 87.8 Å². The van der Waals surface area contributed by atoms with Crippen LogP contribution in [0.5, 0.6) is 5.75 Å². The summed E-state index contributed by atoms with van der Waals surface area (Å²) < 4.78 is 0. The SMILES string of the molecule is CC(C)C[C@H](NC(=O)[C@@H](NC(=O)[C@H](Cc1ccc(O)cc1)NC(=O)[C@@H](NC(=O)[C@@H](NC(=O)[C@H](C)NC(=O)[C@@H](NC(=O)[C@@H](NC(=O)[C@H](CCCCN)NC(=O)[C@H](CCCCN)NC(=O)[C@H](CCCCN)NC(=O)[C@@H](N)CCCCN)C(C)C)C(C)C)[C@@H](C)O)[C@@H](C)O)C(C)C)C(=O)N[C@H](C(=O)O)C(C)C. The van der Waals surface area contributed by atoms with Crippen molar-refractivity contribution in [2.24, 2.45) is 58.3 Å². The summed E-state index contributed by atoms with van der Waals surface area (Å²) in [5.74, 6) is -14.5. The molecular weight excluding hydrogens is 1350 g/mol. The minimum atomic E-state index is -1.90. The molecule has 0 aliphatic heterocycles. The maximum Gasteiger partial charge on any atom is 0.326 e. The number of nitrogens with one attached hydrogen (secondary N) is 12. The van der Waals surface area contributed by atoms with Crippen LogP contribution in [0.2, 0.25) is 0 Å². The highest BCUT2D eigenvalue weighted by molar-refractivity contribution is 6.00. The van der Waals surface area contributed by atoms with E-state index in [1.54, 1.807) is 69.2 Å². The van der Waals surface area contributed by atoms with Crippen LogP contribution in [0.15, 0.2) is 24.3 Å². The second-order valence-electron chi connectivity index (χ2n) is 28.5. The fraction of sp³-hybridized carbons (Fsp3) is 0.729. The summed E-state index contributed by atoms with van der Waals surface area (Å²) in [6.07, 6.45) is 0.960. The van der Waals surface area contributed by atoms with Crippen molar-refractivity contribution in [3.05, 3.63) is 29.8 Å². The molecule has 0 fully saturated rings. The Kier molecular flexibility index (Phi) is 44.0. The molecule has 0 aliphatic carbocycles. The van der Waals surface area contributed by atoms with Crippen molar-refractivity contribution in [1.29, 1.82) is 0 Å². The van der Waals surface area contributed by atoms with Crippen molar-refractivity contribution < 1.29 is 82.8 Å². The largest absolute Gasteiger partial charge is 0.508 e. The van der Waals surface area contributed by atoms with Gasteiger partial charge in [-0.05, 0) is 171 Å². The molecule has 0 heterocycles. The number of nitrogens with two attached hydrogens (primary N) is 5. The van der Waals surface area contributed by atoms with Crippen LogP contribution in [0.3, 0.4) is 0 Å². The number of rotatable bonds is 51. The number of aliphatic hydroxyl groups is 2. The monoisotopic (exact) mass is 1480 g/mol. The van der Waals surface area contributed by atoms with Crippen molar-refractivity contribution in [2.45, 2.75) is 271 Å². The number of carboxylic acids is 1. The minimum absolute atomic E-state index is 0.0502. The van der Waals surface area contributed by atoms with Crippen LogP contribution in [-0.2, 0) is 68.7 Å². The summed E-state index contributed by atoms with van der Waals surface area (Å²) in [5.41, 5.74) is 29.5. The van der Waals surface area contributed by atoms with E-state index in [-0.39, 0.29) is 56.9 Å². The molecule has 0 radical (unpaired) electrons. The number of aliphatic hydroxyl groups excluding tert-OH is 2. The Balaban J connectivity index is 3.47. The number of hydrogen-bond donors (Lipinski definition) is 21. The lowest BCUT2D eigenvalue weighted by atomic mass is 9.98. The minimum Gasteiger partial charge on any atom is -0.508 e. The first-order valence-corrected chi connectivity index (χ1v) is 36.3. The second kappa shape index (κ2) is 48.8. The van der Waals surface area contributed by atoms with Crippen molar-refractivity contribution in [3.63, 3.8) is 0 Å². The van der Waals surface area contributed by atoms with Gasteiger partial charge in [-0.25, -0.2) is 4.79 Å². The lowest BCUT2D eigenvalue weighted by Crippen LogP contribution is -2.64. The van der Waals surface area contributed by atoms with E-state index < -0.39 is 191 Å². The standard InChI is InChI=1S/C70H125N17O17/c1-36(2)34-50(63(96)85-55(40(9)10)70(103)104)80-66(99)53(38(5)6)83-64(97)51(35-44-26-28-45(90)29-27-44)81-68(101)56(42(12)88)87-69(102)57(43(13)89)86-58(91)41(11)76-65(98)52(37(3)4)84-67(100)54(39(7)8)82-62(95)49(25-17-21-33-74)79-61(94)48(24-16-20-32-73)78-60(93)47(23-15-19-31-72)77-59(92)46(75)22-14-18-30-71/h26-29,36-43,46-57,88-90H,14-25,30-35,71-75H2,1-13H3,(H,76,98)(H,77,92)(H,78,93)(H,79,94)(H,80,99)(H,81,101)(H,82,95)(H,83,97)(H,84,100)(H,85,96)(H,86,91)(H,87,102)(H,103,104)/t41-,42+,43+,46-,47-,48-,49-,50-,51-,52-,53-,54-,55-,56-,57-/m0/s1. The van der Waals surface area contributed by atoms with Gasteiger partial charge >= 0.3 is 5.97 Å². The zero-order valence-corrected chi connectivity index (χ0v) is 63.1. The maximum absolute atomic E-state index is 14.4. The van der Waals surface area contributed by atoms with E-state index in [9.17, 15) is 82.8 Å². The fourth-order valence-corrected chi connectivity index (χ4v) is 10.9. The molecule has 104 heavy (non-hydrogen) atoms. The average Bonchev–Trinajstić information content (AvgIpc) is 0.846. The highest BCUT2D eigenvalue weighted by atomic mass is 16.4. The first-order chi connectivity index (χ1) is 48.8. The van der Waals surface area contributed by atoms with Gasteiger partial charge in [-0.15, -0.1) is 0 Å². The van der Waals surface area contributed by atoms with E-state index in [1.807, 2.05) is 0 Å². The quantitative estimate of drug-likeness (QED) is 0.0292. The first kappa shape index (κ1) is 93.9. The third-order valence-electron chi connectivity index (χ3n) is 17.2. The number of phenols is 1. The topological polar surface area (TPSA) is 577 Å². The average molecular weight is 1480 g/mol. The van der Waals surface area contributed by atoms with Crippen molar-refractivity contribution in [3.8, 4) is 5.75 Å². The molecule has 0 aromatic heterocycles. The number of amides is 12. The number of hydrogen-bond acceptors (Lipinski definition) is 21. The summed E-state index contributed by atoms with van der Waals surface area (Å²) in [7, 11) is 0. The summed E-state index contributed by atoms with van der Waals surface area (Å²) in [6.45, 7) is 21.2. The number of carbonyl (C=O) groups is 13. The van der Waals surface area contributed by atoms with Gasteiger partial charge in [0.2, 0.25) is 70.9 Å². The molecule has 592 valence electrons. The summed E-state index contributed by atoms with van der Waals surface area (Å²) in [5, 5.41) is 72.6. The van der Waals surface area contributed by atoms with Gasteiger partial charge in [0, 0.05) is 6.42 Å². The normalized spacial score (nSPS) is 15.9. The summed E-state index contributed by atoms with van der Waals surface area (Å²) in [6, 6.07) is -12.4. The van der Waals surface area contributed by atoms with Crippen LogP contribution in [0.1, 0.15) is 179 Å². The van der Waals surface area contributed by atoms with Crippen molar-refractivity contribution in [2.75, 3.05) is 26.2 Å². The van der Waals surface area contributed by atoms with Crippen LogP contribution in [0.4, 0.5) is 0 Å². The Labute approximate surface area is 611 Å². The Morgan fingerprint density at radius 3 is 1.01 bits per heavy atom. The van der Waals surface area contributed by atoms with Crippen LogP contribution < -0.4 is 92.5 Å². The predicted molar refractivity (Wildman–Crippen MR) is 390 cm³/mol. The summed E-state index contributed by atoms with van der Waals surface area (Å²) >= 11 is 0. The van der Waals surface area contributed by atoms with Crippen LogP contribution >= 0.6 is 0 Å². The van der Waals surface area contributed by atoms with E-state index in [1.165, 1.54) is 31.2 Å². The Bertz CT molecular complexity index is 2900. The van der Waals surface area contributed by atoms with Gasteiger partial charge in [0.1, 0.15) is 78.3 Å². The van der Waals surface area contributed by atoms with Crippen molar-refractivity contribution in [1.82, 2.24) is 63.8 Å². The molecule has 0 unspecified atom stereocenters. The van der Waals surface area contributed by atoms with Gasteiger partial charge in [0.25, 0.3) is 0 Å². The van der Waals surface area contributed by atoms with E-state index in [0.29, 0.717) is 76.4 Å². The number of benzene rings is 1. The lowest BCUT2D eigenvalue weighted by Gasteiger charge is -2.30. The Morgan fingerprint density at radius 2 is 0.625 bits per heavy atom. The Hall–Kier alpha value is -8.15. The molecule has 1 aromatic rings. The zero-order chi connectivity index (χ0) is 79.2. The molecule has 0 aliphatic rings. The summed E-state index contributed by atoms with van der Waals surface area (Å²) in [4.78, 5) is 180. The smallest absolute Gasteiger partial charge is 0.326 e. The fourth-order valence-electron chi connectivity index (χ4n) is 10.9. The van der Waals surface area contributed by atoms with Crippen LogP contribution in [0.25, 0.3) is 0 Å². The number of carbonyl (C=O) groups excluding carboxylic acids is 12. The number of phenolic OH excluding ortho intramolecular Hbond substituents is 1. The van der Waals surface area contributed by atoms with Gasteiger partial charge in [0.15, 0.2) is 0 Å². The second-order valence-corrected chi connectivity index (χ2v) is 28.5. The molecule has 1 rings (SSSR count). The first-order valence-electron chi connectivity index (χ1n) is 36.3. The molecule has 15 atom stereocenters. The third kappa shape index (κ3) is 34.2. The molecule has 34 heteroatoms. The number of aromatic hydroxyl groups is 1. The van der Waals surface area contributed by atoms with E-state index >= 15 is 0 Å². The van der Waals surface area contributed by atoms with Gasteiger partial charge in [0.05, 0.1) is 18.2 Å². The highest BCUT2D eigenvalue weighted by Gasteiger charge is 2.40. The van der Waals surface area contributed by atoms with E-state index in [2.05, 4.69) is 63.8 Å². The molecular formula is C70H125N17O17. The molecule has 0 bridgehead atoms. The maximum atomic E-state index is 14.4. The Morgan fingerprint density at radius 1 is 0.337 bits per heavy atom. The number of carboxylic acid groups (broad SMARTS) is 1. The van der Waals surface area contributed by atoms with Crippen molar-refractivity contribution >= 4 is 76.9 Å². The number of unbranched alkanes of at least 4 members (excludes halogenated alkanes) is 4. The van der Waals surface area contributed by atoms with Gasteiger partial charge < -0.3 is 113 Å². The highest BCUT2D eigenvalue weighted by Crippen LogP contribution is 2.17. The zero-order valence-electron chi connectivity index (χ0n) is 63.1. The van der Waals surface area contributed by atoms with Crippen LogP contribution in [-0.4, -0.2) is 214 Å². The van der Waals surface area contributed by atoms with Crippen LogP contribution in [0, 0.1) is 29.6 Å². The molecule has 0 saturated heterocycles. The van der Waals surface area contributed by atoms with E-state index in [4.69, 9.17) is 28.7 Å². The molecule has 34 nitrogen and oxygen atoms in total. The molecule has 12 amide bonds. The molecule has 0 saturated carbocycles. The third-order valence-corrected chi connectivity index (χ3v) is 17.2. The predicted octanol–water partition coefficient (Wildman–Crippen LogP) is -2.87. The number of aliphatic carboxylic acids is 1. The molecule has 1 aromatic carbocycles.